The van der Waals surface area contributed by atoms with Crippen LogP contribution < -0.4 is 5.73 Å². The second kappa shape index (κ2) is 5.16. The van der Waals surface area contributed by atoms with E-state index in [1.165, 1.54) is 0 Å². The molecule has 1 atom stereocenters. The van der Waals surface area contributed by atoms with Gasteiger partial charge in [-0.3, -0.25) is 5.41 Å². The van der Waals surface area contributed by atoms with E-state index in [9.17, 15) is 13.2 Å². The van der Waals surface area contributed by atoms with E-state index in [2.05, 4.69) is 4.98 Å². The summed E-state index contributed by atoms with van der Waals surface area (Å²) in [4.78, 5) is 3.03. The summed E-state index contributed by atoms with van der Waals surface area (Å²) in [6.07, 6.45) is -4.48. The van der Waals surface area contributed by atoms with Gasteiger partial charge in [0, 0.05) is 16.7 Å². The molecule has 0 aliphatic rings. The summed E-state index contributed by atoms with van der Waals surface area (Å²) in [5.41, 5.74) is 5.87. The highest BCUT2D eigenvalue weighted by atomic mass is 32.2. The molecule has 0 saturated heterocycles. The maximum atomic E-state index is 12.6. The maximum absolute atomic E-state index is 12.6. The first-order valence-corrected chi connectivity index (χ1v) is 6.47. The van der Waals surface area contributed by atoms with Gasteiger partial charge in [-0.2, -0.15) is 13.2 Å². The summed E-state index contributed by atoms with van der Waals surface area (Å²) in [6.45, 7) is 0. The van der Waals surface area contributed by atoms with Gasteiger partial charge in [-0.15, -0.1) is 11.8 Å². The van der Waals surface area contributed by atoms with E-state index in [1.807, 2.05) is 24.3 Å². The largest absolute Gasteiger partial charge is 0.399 e. The van der Waals surface area contributed by atoms with E-state index in [4.69, 9.17) is 11.1 Å². The predicted molar refractivity (Wildman–Crippen MR) is 70.5 cm³/mol. The predicted octanol–water partition coefficient (Wildman–Crippen LogP) is 3.37. The average Bonchev–Trinajstić information content (AvgIpc) is 2.69. The molecule has 0 saturated carbocycles. The Bertz CT molecular complexity index is 558. The number of thioether (sulfide) groups is 1. The molecule has 2 rings (SSSR count). The lowest BCUT2D eigenvalue weighted by atomic mass is 10.1. The number of halogens is 3. The third kappa shape index (κ3) is 3.23. The van der Waals surface area contributed by atoms with Crippen LogP contribution >= 0.6 is 11.8 Å². The van der Waals surface area contributed by atoms with Gasteiger partial charge in [-0.05, 0) is 12.1 Å². The highest BCUT2D eigenvalue weighted by Crippen LogP contribution is 2.32. The zero-order valence-corrected chi connectivity index (χ0v) is 10.6. The van der Waals surface area contributed by atoms with E-state index < -0.39 is 17.9 Å². The molecule has 0 spiro atoms. The van der Waals surface area contributed by atoms with Gasteiger partial charge < -0.3 is 10.7 Å². The number of benzene rings is 1. The number of rotatable bonds is 4. The van der Waals surface area contributed by atoms with Crippen LogP contribution in [0.15, 0.2) is 35.4 Å². The number of nitrogens with two attached hydrogens (primary N) is 1. The molecular formula is C12H12F3N3S. The Morgan fingerprint density at radius 2 is 2.05 bits per heavy atom. The standard InChI is InChI=1S/C12H12F3N3S/c13-12(14,15)8(11(16)17)6-19-10-5-7-3-1-2-4-9(7)18-10/h1-5,8,18H,6H2,(H3,16,17). The van der Waals surface area contributed by atoms with Crippen molar-refractivity contribution in [3.8, 4) is 0 Å². The Balaban J connectivity index is 2.10. The van der Waals surface area contributed by atoms with Gasteiger partial charge in [-0.1, -0.05) is 18.2 Å². The monoisotopic (exact) mass is 287 g/mol. The molecule has 4 N–H and O–H groups in total. The smallest absolute Gasteiger partial charge is 0.387 e. The fraction of sp³-hybridized carbons (Fsp3) is 0.250. The highest BCUT2D eigenvalue weighted by molar-refractivity contribution is 7.99. The lowest BCUT2D eigenvalue weighted by Crippen LogP contribution is -2.36. The summed E-state index contributed by atoms with van der Waals surface area (Å²) in [5.74, 6) is -3.06. The van der Waals surface area contributed by atoms with Crippen LogP contribution in [0.4, 0.5) is 13.2 Å². The molecule has 1 heterocycles. The quantitative estimate of drug-likeness (QED) is 0.458. The van der Waals surface area contributed by atoms with Gasteiger partial charge in [0.05, 0.1) is 5.03 Å². The fourth-order valence-corrected chi connectivity index (χ4v) is 2.77. The van der Waals surface area contributed by atoms with Gasteiger partial charge in [0.25, 0.3) is 0 Å². The number of H-pyrrole nitrogens is 1. The Morgan fingerprint density at radius 1 is 1.37 bits per heavy atom. The van der Waals surface area contributed by atoms with Gasteiger partial charge in [0.2, 0.25) is 0 Å². The zero-order valence-electron chi connectivity index (χ0n) is 9.79. The average molecular weight is 287 g/mol. The molecule has 3 nitrogen and oxygen atoms in total. The number of alkyl halides is 3. The minimum Gasteiger partial charge on any atom is -0.387 e. The SMILES string of the molecule is N=C(N)C(CSc1cc2ccccc2[nH]1)C(F)(F)F. The van der Waals surface area contributed by atoms with Crippen molar-refractivity contribution in [2.45, 2.75) is 11.2 Å². The molecule has 0 radical (unpaired) electrons. The molecule has 1 unspecified atom stereocenters. The Hall–Kier alpha value is -1.63. The van der Waals surface area contributed by atoms with Gasteiger partial charge in [0.1, 0.15) is 11.8 Å². The van der Waals surface area contributed by atoms with Crippen LogP contribution in [-0.2, 0) is 0 Å². The van der Waals surface area contributed by atoms with Gasteiger partial charge >= 0.3 is 6.18 Å². The number of aromatic amines is 1. The highest BCUT2D eigenvalue weighted by Gasteiger charge is 2.41. The topological polar surface area (TPSA) is 65.7 Å². The van der Waals surface area contributed by atoms with E-state index in [0.29, 0.717) is 5.03 Å². The number of para-hydroxylation sites is 1. The number of amidine groups is 1. The Morgan fingerprint density at radius 3 is 2.63 bits per heavy atom. The molecule has 102 valence electrons. The molecule has 2 aromatic rings. The number of hydrogen-bond donors (Lipinski definition) is 3. The van der Waals surface area contributed by atoms with Gasteiger partial charge in [0.15, 0.2) is 0 Å². The van der Waals surface area contributed by atoms with Crippen molar-refractivity contribution in [1.29, 1.82) is 5.41 Å². The summed E-state index contributed by atoms with van der Waals surface area (Å²) in [7, 11) is 0. The van der Waals surface area contributed by atoms with Crippen molar-refractivity contribution < 1.29 is 13.2 Å². The maximum Gasteiger partial charge on any atom is 0.399 e. The van der Waals surface area contributed by atoms with Gasteiger partial charge in [-0.25, -0.2) is 0 Å². The molecule has 1 aromatic carbocycles. The van der Waals surface area contributed by atoms with Crippen LogP contribution in [0.25, 0.3) is 10.9 Å². The number of fused-ring (bicyclic) bond motifs is 1. The second-order valence-electron chi connectivity index (χ2n) is 4.08. The number of hydrogen-bond acceptors (Lipinski definition) is 2. The lowest BCUT2D eigenvalue weighted by molar-refractivity contribution is -0.149. The fourth-order valence-electron chi connectivity index (χ4n) is 1.66. The molecular weight excluding hydrogens is 275 g/mol. The summed E-state index contributed by atoms with van der Waals surface area (Å²) in [6, 6.07) is 9.22. The van der Waals surface area contributed by atoms with Crippen molar-refractivity contribution in [3.63, 3.8) is 0 Å². The van der Waals surface area contributed by atoms with Crippen LogP contribution in [-0.4, -0.2) is 22.7 Å². The van der Waals surface area contributed by atoms with Crippen molar-refractivity contribution in [2.24, 2.45) is 11.7 Å². The Kier molecular flexibility index (Phi) is 3.75. The van der Waals surface area contributed by atoms with Crippen LogP contribution in [0.2, 0.25) is 0 Å². The molecule has 0 amide bonds. The molecule has 1 aromatic heterocycles. The van der Waals surface area contributed by atoms with E-state index in [1.54, 1.807) is 6.07 Å². The van der Waals surface area contributed by atoms with Crippen LogP contribution in [0.3, 0.4) is 0 Å². The molecule has 0 fully saturated rings. The van der Waals surface area contributed by atoms with E-state index >= 15 is 0 Å². The first-order chi connectivity index (χ1) is 8.88. The van der Waals surface area contributed by atoms with E-state index in [0.717, 1.165) is 22.7 Å². The lowest BCUT2D eigenvalue weighted by Gasteiger charge is -2.17. The first kappa shape index (κ1) is 13.8. The van der Waals surface area contributed by atoms with Crippen molar-refractivity contribution in [2.75, 3.05) is 5.75 Å². The molecule has 7 heteroatoms. The third-order valence-corrected chi connectivity index (χ3v) is 3.71. The van der Waals surface area contributed by atoms with Crippen LogP contribution in [0.5, 0.6) is 0 Å². The molecule has 0 aliphatic carbocycles. The van der Waals surface area contributed by atoms with Crippen LogP contribution in [0.1, 0.15) is 0 Å². The molecule has 19 heavy (non-hydrogen) atoms. The van der Waals surface area contributed by atoms with Crippen molar-refractivity contribution in [3.05, 3.63) is 30.3 Å². The Labute approximate surface area is 111 Å². The number of aromatic nitrogens is 1. The van der Waals surface area contributed by atoms with E-state index in [-0.39, 0.29) is 5.75 Å². The second-order valence-corrected chi connectivity index (χ2v) is 5.14. The first-order valence-electron chi connectivity index (χ1n) is 5.49. The minimum absolute atomic E-state index is 0.300. The molecule has 0 bridgehead atoms. The van der Waals surface area contributed by atoms with Crippen molar-refractivity contribution >= 4 is 28.5 Å². The van der Waals surface area contributed by atoms with Crippen molar-refractivity contribution in [1.82, 2.24) is 4.98 Å². The summed E-state index contributed by atoms with van der Waals surface area (Å²) >= 11 is 1.01. The molecule has 0 aliphatic heterocycles. The normalized spacial score (nSPS) is 13.6. The summed E-state index contributed by atoms with van der Waals surface area (Å²) in [5, 5.41) is 8.59. The van der Waals surface area contributed by atoms with Crippen LogP contribution in [0, 0.1) is 11.3 Å². The zero-order chi connectivity index (χ0) is 14.0. The number of nitrogens with one attached hydrogen (secondary N) is 2. The minimum atomic E-state index is -4.48. The third-order valence-electron chi connectivity index (χ3n) is 2.68. The summed E-state index contributed by atoms with van der Waals surface area (Å²) < 4.78 is 37.9.